The Morgan fingerprint density at radius 2 is 1.46 bits per heavy atom. The van der Waals surface area contributed by atoms with E-state index in [4.69, 9.17) is 23.7 Å². The molecule has 0 aliphatic carbocycles. The Kier molecular flexibility index (Phi) is 6.13. The molecule has 6 rings (SSSR count). The SMILES string of the molecule is COc1ccc(O[C@H]2O[C@@H]3COC(c4ccccc4)O[C@H]3[C@H](O)[C@H]2N2C(=O)c3ccccc3C2=O)cc1. The van der Waals surface area contributed by atoms with E-state index >= 15 is 0 Å². The molecule has 3 aliphatic rings. The number of imide groups is 1. The van der Waals surface area contributed by atoms with E-state index in [-0.39, 0.29) is 17.7 Å². The highest BCUT2D eigenvalue weighted by molar-refractivity contribution is 6.21. The summed E-state index contributed by atoms with van der Waals surface area (Å²) in [6.45, 7) is 0.124. The largest absolute Gasteiger partial charge is 0.497 e. The summed E-state index contributed by atoms with van der Waals surface area (Å²) in [6.07, 6.45) is -4.78. The molecule has 3 heterocycles. The fraction of sp³-hybridized carbons (Fsp3) is 0.286. The van der Waals surface area contributed by atoms with Crippen LogP contribution in [0, 0.1) is 0 Å². The highest BCUT2D eigenvalue weighted by Gasteiger charge is 2.56. The third-order valence-corrected chi connectivity index (χ3v) is 6.84. The highest BCUT2D eigenvalue weighted by Crippen LogP contribution is 2.38. The molecule has 2 fully saturated rings. The van der Waals surface area contributed by atoms with Crippen molar-refractivity contribution < 1.29 is 38.4 Å². The van der Waals surface area contributed by atoms with Gasteiger partial charge in [-0.3, -0.25) is 14.5 Å². The molecule has 0 saturated carbocycles. The van der Waals surface area contributed by atoms with E-state index < -0.39 is 48.7 Å². The smallest absolute Gasteiger partial charge is 0.262 e. The second kappa shape index (κ2) is 9.60. The molecule has 0 bridgehead atoms. The lowest BCUT2D eigenvalue weighted by atomic mass is 9.94. The maximum atomic E-state index is 13.4. The number of hydrogen-bond donors (Lipinski definition) is 1. The second-order valence-electron chi connectivity index (χ2n) is 9.02. The maximum Gasteiger partial charge on any atom is 0.262 e. The van der Waals surface area contributed by atoms with Crippen LogP contribution in [0.2, 0.25) is 0 Å². The van der Waals surface area contributed by atoms with Gasteiger partial charge >= 0.3 is 0 Å². The van der Waals surface area contributed by atoms with Gasteiger partial charge in [-0.1, -0.05) is 42.5 Å². The molecule has 9 nitrogen and oxygen atoms in total. The fourth-order valence-electron chi connectivity index (χ4n) is 5.00. The number of amides is 2. The van der Waals surface area contributed by atoms with Gasteiger partial charge < -0.3 is 28.8 Å². The topological polar surface area (TPSA) is 104 Å². The number of aliphatic hydroxyl groups excluding tert-OH is 1. The van der Waals surface area contributed by atoms with Gasteiger partial charge in [-0.05, 0) is 36.4 Å². The molecule has 0 radical (unpaired) electrons. The first-order chi connectivity index (χ1) is 18.0. The van der Waals surface area contributed by atoms with Crippen LogP contribution < -0.4 is 9.47 Å². The number of hydrogen-bond acceptors (Lipinski definition) is 8. The Balaban J connectivity index is 1.33. The van der Waals surface area contributed by atoms with Crippen molar-refractivity contribution in [2.24, 2.45) is 0 Å². The van der Waals surface area contributed by atoms with Crippen molar-refractivity contribution in [1.29, 1.82) is 0 Å². The van der Waals surface area contributed by atoms with Crippen molar-refractivity contribution in [3.8, 4) is 11.5 Å². The number of benzene rings is 3. The van der Waals surface area contributed by atoms with Crippen LogP contribution in [-0.4, -0.2) is 66.2 Å². The second-order valence-corrected chi connectivity index (χ2v) is 9.02. The zero-order valence-corrected chi connectivity index (χ0v) is 19.9. The number of carbonyl (C=O) groups excluding carboxylic acids is 2. The number of methoxy groups -OCH3 is 1. The molecule has 37 heavy (non-hydrogen) atoms. The first-order valence-corrected chi connectivity index (χ1v) is 12.0. The number of aliphatic hydroxyl groups is 1. The van der Waals surface area contributed by atoms with Crippen LogP contribution in [0.4, 0.5) is 0 Å². The number of rotatable bonds is 5. The third-order valence-electron chi connectivity index (χ3n) is 6.84. The van der Waals surface area contributed by atoms with Gasteiger partial charge in [-0.2, -0.15) is 0 Å². The summed E-state index contributed by atoms with van der Waals surface area (Å²) in [4.78, 5) is 27.8. The van der Waals surface area contributed by atoms with Crippen LogP contribution in [0.3, 0.4) is 0 Å². The number of ether oxygens (including phenoxy) is 5. The van der Waals surface area contributed by atoms with Gasteiger partial charge in [0.05, 0.1) is 24.8 Å². The number of carbonyl (C=O) groups is 2. The van der Waals surface area contributed by atoms with Gasteiger partial charge in [0, 0.05) is 5.56 Å². The minimum atomic E-state index is -1.31. The highest BCUT2D eigenvalue weighted by atomic mass is 16.7. The molecule has 6 atom stereocenters. The minimum Gasteiger partial charge on any atom is -0.497 e. The van der Waals surface area contributed by atoms with Gasteiger partial charge in [0.2, 0.25) is 6.29 Å². The van der Waals surface area contributed by atoms with Gasteiger partial charge in [0.25, 0.3) is 11.8 Å². The van der Waals surface area contributed by atoms with Crippen LogP contribution in [0.5, 0.6) is 11.5 Å². The summed E-state index contributed by atoms with van der Waals surface area (Å²) in [5.41, 5.74) is 1.31. The fourth-order valence-corrected chi connectivity index (χ4v) is 5.00. The van der Waals surface area contributed by atoms with Crippen LogP contribution >= 0.6 is 0 Å². The van der Waals surface area contributed by atoms with Crippen LogP contribution in [-0.2, 0) is 14.2 Å². The Hall–Kier alpha value is -3.76. The summed E-state index contributed by atoms with van der Waals surface area (Å²) in [6, 6.07) is 21.5. The van der Waals surface area contributed by atoms with Crippen molar-refractivity contribution >= 4 is 11.8 Å². The predicted octanol–water partition coefficient (Wildman–Crippen LogP) is 2.94. The van der Waals surface area contributed by atoms with E-state index in [1.54, 1.807) is 55.6 Å². The average Bonchev–Trinajstić information content (AvgIpc) is 3.19. The predicted molar refractivity (Wildman–Crippen MR) is 129 cm³/mol. The quantitative estimate of drug-likeness (QED) is 0.530. The molecule has 3 aromatic carbocycles. The Morgan fingerprint density at radius 3 is 2.11 bits per heavy atom. The number of fused-ring (bicyclic) bond motifs is 2. The van der Waals surface area contributed by atoms with Gasteiger partial charge in [-0.15, -0.1) is 0 Å². The van der Waals surface area contributed by atoms with E-state index in [2.05, 4.69) is 0 Å². The molecule has 2 saturated heterocycles. The summed E-state index contributed by atoms with van der Waals surface area (Å²) in [5.74, 6) is -0.00351. The van der Waals surface area contributed by atoms with E-state index in [0.29, 0.717) is 11.5 Å². The molecule has 1 N–H and O–H groups in total. The molecular weight excluding hydrogens is 478 g/mol. The molecule has 2 amide bonds. The molecule has 9 heteroatoms. The lowest BCUT2D eigenvalue weighted by molar-refractivity contribution is -0.338. The van der Waals surface area contributed by atoms with E-state index in [9.17, 15) is 14.7 Å². The Labute approximate surface area is 213 Å². The zero-order chi connectivity index (χ0) is 25.5. The van der Waals surface area contributed by atoms with Crippen LogP contribution in [0.25, 0.3) is 0 Å². The van der Waals surface area contributed by atoms with E-state index in [1.165, 1.54) is 0 Å². The first-order valence-electron chi connectivity index (χ1n) is 12.0. The molecule has 0 aromatic heterocycles. The van der Waals surface area contributed by atoms with Gasteiger partial charge in [-0.25, -0.2) is 0 Å². The molecule has 3 aromatic rings. The molecule has 190 valence electrons. The van der Waals surface area contributed by atoms with Crippen molar-refractivity contribution in [2.45, 2.75) is 36.9 Å². The third kappa shape index (κ3) is 4.15. The molecule has 0 spiro atoms. The Morgan fingerprint density at radius 1 is 0.838 bits per heavy atom. The van der Waals surface area contributed by atoms with Gasteiger partial charge in [0.1, 0.15) is 35.9 Å². The maximum absolute atomic E-state index is 13.4. The molecular formula is C28H25NO8. The van der Waals surface area contributed by atoms with Crippen LogP contribution in [0.1, 0.15) is 32.6 Å². The molecule has 3 aliphatic heterocycles. The van der Waals surface area contributed by atoms with E-state index in [1.807, 2.05) is 30.3 Å². The Bertz CT molecular complexity index is 1260. The lowest BCUT2D eigenvalue weighted by Crippen LogP contribution is -2.68. The number of nitrogens with zero attached hydrogens (tertiary/aromatic N) is 1. The minimum absolute atomic E-state index is 0.124. The van der Waals surface area contributed by atoms with Crippen molar-refractivity contribution in [2.75, 3.05) is 13.7 Å². The van der Waals surface area contributed by atoms with Crippen LogP contribution in [0.15, 0.2) is 78.9 Å². The average molecular weight is 504 g/mol. The molecule has 1 unspecified atom stereocenters. The van der Waals surface area contributed by atoms with Crippen molar-refractivity contribution in [3.05, 3.63) is 95.6 Å². The monoisotopic (exact) mass is 503 g/mol. The van der Waals surface area contributed by atoms with E-state index in [0.717, 1.165) is 10.5 Å². The lowest BCUT2D eigenvalue weighted by Gasteiger charge is -2.49. The first kappa shape index (κ1) is 23.6. The summed E-state index contributed by atoms with van der Waals surface area (Å²) in [7, 11) is 1.56. The standard InChI is InChI=1S/C28H25NO8/c1-33-17-11-13-18(14-12-17)35-28-22(29-25(31)19-9-5-6-10-20(19)26(29)32)23(30)24-21(36-28)15-34-27(37-24)16-7-3-2-4-8-16/h2-14,21-24,27-28,30H,15H2,1H3/t21-,22-,23-,24-,27?,28+/m1/s1. The zero-order valence-electron chi connectivity index (χ0n) is 19.9. The summed E-state index contributed by atoms with van der Waals surface area (Å²) < 4.78 is 29.6. The van der Waals surface area contributed by atoms with Crippen molar-refractivity contribution in [3.63, 3.8) is 0 Å². The van der Waals surface area contributed by atoms with Crippen molar-refractivity contribution in [1.82, 2.24) is 4.90 Å². The normalized spacial score (nSPS) is 29.0. The summed E-state index contributed by atoms with van der Waals surface area (Å²) >= 11 is 0. The summed E-state index contributed by atoms with van der Waals surface area (Å²) in [5, 5.41) is 11.6. The van der Waals surface area contributed by atoms with Gasteiger partial charge in [0.15, 0.2) is 6.29 Å².